The first-order valence-corrected chi connectivity index (χ1v) is 16.1. The number of nitrogens with one attached hydrogen (secondary N) is 3. The third-order valence-electron chi connectivity index (χ3n) is 7.04. The van der Waals surface area contributed by atoms with E-state index in [2.05, 4.69) is 16.0 Å². The summed E-state index contributed by atoms with van der Waals surface area (Å²) in [4.78, 5) is 41.2. The van der Waals surface area contributed by atoms with E-state index in [-0.39, 0.29) is 11.6 Å². The number of rotatable bonds is 12. The van der Waals surface area contributed by atoms with E-state index >= 15 is 0 Å². The first kappa shape index (κ1) is 33.8. The summed E-state index contributed by atoms with van der Waals surface area (Å²) < 4.78 is 10.8. The first-order valence-electron chi connectivity index (χ1n) is 14.8. The van der Waals surface area contributed by atoms with Crippen molar-refractivity contribution in [1.82, 2.24) is 5.32 Å². The van der Waals surface area contributed by atoms with Crippen molar-refractivity contribution in [3.63, 3.8) is 0 Å². The van der Waals surface area contributed by atoms with E-state index in [0.717, 1.165) is 10.5 Å². The monoisotopic (exact) mass is 677 g/mol. The van der Waals surface area contributed by atoms with Gasteiger partial charge in [0, 0.05) is 27.2 Å². The average molecular weight is 678 g/mol. The third-order valence-corrected chi connectivity index (χ3v) is 8.52. The second kappa shape index (κ2) is 16.4. The molecule has 0 aromatic heterocycles. The lowest BCUT2D eigenvalue weighted by Crippen LogP contribution is -2.30. The van der Waals surface area contributed by atoms with E-state index in [4.69, 9.17) is 21.1 Å². The summed E-state index contributed by atoms with van der Waals surface area (Å²) in [6.45, 7) is 0. The van der Waals surface area contributed by atoms with Crippen LogP contribution in [-0.2, 0) is 9.59 Å². The minimum Gasteiger partial charge on any atom is -0.497 e. The summed E-state index contributed by atoms with van der Waals surface area (Å²) in [5.74, 6) is -0.187. The van der Waals surface area contributed by atoms with Crippen LogP contribution in [0.15, 0.2) is 138 Å². The molecule has 0 aliphatic carbocycles. The van der Waals surface area contributed by atoms with Crippen molar-refractivity contribution in [3.05, 3.63) is 155 Å². The van der Waals surface area contributed by atoms with E-state index in [1.165, 1.54) is 18.9 Å². The van der Waals surface area contributed by atoms with Gasteiger partial charge >= 0.3 is 0 Å². The maximum atomic E-state index is 13.8. The zero-order valence-electron chi connectivity index (χ0n) is 26.1. The van der Waals surface area contributed by atoms with E-state index in [9.17, 15) is 14.4 Å². The van der Waals surface area contributed by atoms with Crippen molar-refractivity contribution in [2.75, 3.05) is 24.9 Å². The van der Waals surface area contributed by atoms with Crippen LogP contribution in [0.5, 0.6) is 11.5 Å². The highest BCUT2D eigenvalue weighted by Crippen LogP contribution is 2.38. The van der Waals surface area contributed by atoms with Crippen LogP contribution in [0.1, 0.15) is 26.7 Å². The smallest absolute Gasteiger partial charge is 0.272 e. The minimum absolute atomic E-state index is 0.0259. The fraction of sp³-hybridized carbons (Fsp3) is 0.0789. The van der Waals surface area contributed by atoms with Crippen molar-refractivity contribution < 1.29 is 23.9 Å². The maximum absolute atomic E-state index is 13.8. The van der Waals surface area contributed by atoms with Crippen molar-refractivity contribution in [2.45, 2.75) is 10.1 Å². The fourth-order valence-corrected chi connectivity index (χ4v) is 5.98. The number of thioether (sulfide) groups is 1. The van der Waals surface area contributed by atoms with Crippen LogP contribution in [0.4, 0.5) is 11.4 Å². The number of anilines is 2. The number of carbonyl (C=O) groups excluding carboxylic acids is 3. The number of benzene rings is 5. The molecule has 5 rings (SSSR count). The highest BCUT2D eigenvalue weighted by molar-refractivity contribution is 8.00. The Morgan fingerprint density at radius 2 is 1.48 bits per heavy atom. The molecule has 0 aliphatic heterocycles. The fourth-order valence-electron chi connectivity index (χ4n) is 4.70. The Hall–Kier alpha value is -5.51. The van der Waals surface area contributed by atoms with Gasteiger partial charge in [0.25, 0.3) is 11.8 Å². The van der Waals surface area contributed by atoms with Crippen molar-refractivity contribution in [2.24, 2.45) is 0 Å². The molecule has 3 amide bonds. The van der Waals surface area contributed by atoms with Crippen LogP contribution in [0.25, 0.3) is 6.08 Å². The van der Waals surface area contributed by atoms with Gasteiger partial charge < -0.3 is 25.4 Å². The molecule has 8 nitrogen and oxygen atoms in total. The van der Waals surface area contributed by atoms with E-state index in [1.807, 2.05) is 36.4 Å². The molecule has 0 saturated heterocycles. The lowest BCUT2D eigenvalue weighted by Gasteiger charge is -2.19. The largest absolute Gasteiger partial charge is 0.497 e. The number of hydrogen-bond acceptors (Lipinski definition) is 6. The quantitative estimate of drug-likeness (QED) is 0.0908. The molecule has 0 spiro atoms. The van der Waals surface area contributed by atoms with E-state index < -0.39 is 17.1 Å². The third kappa shape index (κ3) is 9.06. The van der Waals surface area contributed by atoms with E-state index in [0.29, 0.717) is 39.0 Å². The van der Waals surface area contributed by atoms with Gasteiger partial charge in [0.1, 0.15) is 22.4 Å². The molecule has 0 heterocycles. The predicted molar refractivity (Wildman–Crippen MR) is 192 cm³/mol. The van der Waals surface area contributed by atoms with Gasteiger partial charge in [-0.3, -0.25) is 14.4 Å². The van der Waals surface area contributed by atoms with Gasteiger partial charge in [-0.05, 0) is 71.8 Å². The van der Waals surface area contributed by atoms with Crippen LogP contribution in [0, 0.1) is 0 Å². The minimum atomic E-state index is -0.656. The summed E-state index contributed by atoms with van der Waals surface area (Å²) in [6, 6.07) is 37.3. The van der Waals surface area contributed by atoms with Crippen LogP contribution >= 0.6 is 23.4 Å². The number of methoxy groups -OCH3 is 2. The van der Waals surface area contributed by atoms with Gasteiger partial charge in [-0.25, -0.2) is 0 Å². The van der Waals surface area contributed by atoms with Crippen molar-refractivity contribution in [3.8, 4) is 11.5 Å². The van der Waals surface area contributed by atoms with Crippen LogP contribution < -0.4 is 25.4 Å². The van der Waals surface area contributed by atoms with Crippen molar-refractivity contribution >= 4 is 58.5 Å². The zero-order valence-corrected chi connectivity index (χ0v) is 27.7. The average Bonchev–Trinajstić information content (AvgIpc) is 3.11. The lowest BCUT2D eigenvalue weighted by molar-refractivity contribution is -0.116. The first-order chi connectivity index (χ1) is 23.3. The second-order valence-corrected chi connectivity index (χ2v) is 12.0. The van der Waals surface area contributed by atoms with Crippen LogP contribution in [0.2, 0.25) is 5.02 Å². The summed E-state index contributed by atoms with van der Waals surface area (Å²) >= 11 is 7.50. The molecule has 48 heavy (non-hydrogen) atoms. The van der Waals surface area contributed by atoms with Gasteiger partial charge in [0.2, 0.25) is 5.91 Å². The Bertz CT molecular complexity index is 1940. The summed E-state index contributed by atoms with van der Waals surface area (Å²) in [7, 11) is 3.08. The Morgan fingerprint density at radius 3 is 2.19 bits per heavy atom. The summed E-state index contributed by atoms with van der Waals surface area (Å²) in [5.41, 5.74) is 2.79. The van der Waals surface area contributed by atoms with Crippen LogP contribution in [-0.4, -0.2) is 31.9 Å². The number of amides is 3. The van der Waals surface area contributed by atoms with Gasteiger partial charge in [0.05, 0.1) is 19.9 Å². The lowest BCUT2D eigenvalue weighted by atomic mass is 10.1. The number of carbonyl (C=O) groups is 3. The molecule has 242 valence electrons. The molecule has 0 fully saturated rings. The number of ether oxygens (including phenoxy) is 2. The number of halogens is 1. The maximum Gasteiger partial charge on any atom is 0.272 e. The summed E-state index contributed by atoms with van der Waals surface area (Å²) in [5, 5.41) is 8.44. The SMILES string of the molecule is COc1ccc(OC)c(NC(=O)C(Sc2cccc(NC(=O)/C(=C/c3cccc(Cl)c3)NC(=O)c3ccccc3)c2)c2ccccc2)c1. The second-order valence-electron chi connectivity index (χ2n) is 10.4. The molecule has 0 saturated carbocycles. The molecular formula is C38H32ClN3O5S. The summed E-state index contributed by atoms with van der Waals surface area (Å²) in [6.07, 6.45) is 1.56. The molecule has 0 radical (unpaired) electrons. The van der Waals surface area contributed by atoms with Gasteiger partial charge in [-0.2, -0.15) is 0 Å². The predicted octanol–water partition coefficient (Wildman–Crippen LogP) is 8.24. The molecule has 5 aromatic rings. The van der Waals surface area contributed by atoms with E-state index in [1.54, 1.807) is 104 Å². The van der Waals surface area contributed by atoms with Gasteiger partial charge in [-0.15, -0.1) is 11.8 Å². The molecule has 0 bridgehead atoms. The molecule has 1 unspecified atom stereocenters. The topological polar surface area (TPSA) is 106 Å². The Labute approximate surface area is 288 Å². The van der Waals surface area contributed by atoms with Crippen molar-refractivity contribution in [1.29, 1.82) is 0 Å². The molecule has 3 N–H and O–H groups in total. The standard InChI is InChI=1S/C38H32ClN3O5S/c1-46-30-19-20-34(47-2)32(24-30)41-38(45)35(26-12-5-3-6-13-26)48-31-18-10-17-29(23-31)40-37(44)33(22-25-11-9-16-28(39)21-25)42-36(43)27-14-7-4-8-15-27/h3-24,35H,1-2H3,(H,40,44)(H,41,45)(H,42,43)/b33-22-. The molecule has 0 aliphatic rings. The highest BCUT2D eigenvalue weighted by atomic mass is 35.5. The Kier molecular flexibility index (Phi) is 11.5. The molecule has 10 heteroatoms. The van der Waals surface area contributed by atoms with Gasteiger partial charge in [-0.1, -0.05) is 78.3 Å². The van der Waals surface area contributed by atoms with Gasteiger partial charge in [0.15, 0.2) is 0 Å². The Balaban J connectivity index is 1.39. The normalized spacial score (nSPS) is 11.6. The molecular weight excluding hydrogens is 646 g/mol. The number of hydrogen-bond donors (Lipinski definition) is 3. The van der Waals surface area contributed by atoms with Crippen LogP contribution in [0.3, 0.4) is 0 Å². The molecule has 1 atom stereocenters. The highest BCUT2D eigenvalue weighted by Gasteiger charge is 2.24. The Morgan fingerprint density at radius 1 is 0.750 bits per heavy atom. The molecule has 5 aromatic carbocycles. The zero-order chi connectivity index (χ0) is 33.9.